The first-order valence-electron chi connectivity index (χ1n) is 6.44. The van der Waals surface area contributed by atoms with Crippen molar-refractivity contribution in [2.24, 2.45) is 0 Å². The molecule has 2 aromatic carbocycles. The van der Waals surface area contributed by atoms with Gasteiger partial charge in [0.1, 0.15) is 11.6 Å². The molecule has 0 aliphatic heterocycles. The topological polar surface area (TPSA) is 21.3 Å². The van der Waals surface area contributed by atoms with Gasteiger partial charge in [-0.25, -0.2) is 4.39 Å². The fraction of sp³-hybridized carbons (Fsp3) is 0.250. The zero-order valence-corrected chi connectivity index (χ0v) is 15.2. The molecule has 0 heterocycles. The van der Waals surface area contributed by atoms with E-state index in [9.17, 15) is 4.39 Å². The molecule has 1 N–H and O–H groups in total. The van der Waals surface area contributed by atoms with Crippen molar-refractivity contribution in [3.8, 4) is 5.75 Å². The van der Waals surface area contributed by atoms with Crippen LogP contribution < -0.4 is 10.1 Å². The SMILES string of the molecule is CNC(c1cc(Br)c(C)cc1Br)c1c(F)cccc1OC. The fourth-order valence-corrected chi connectivity index (χ4v) is 3.36. The van der Waals surface area contributed by atoms with Crippen molar-refractivity contribution in [3.05, 3.63) is 61.8 Å². The van der Waals surface area contributed by atoms with Crippen LogP contribution in [0.15, 0.2) is 39.3 Å². The molecule has 0 aromatic heterocycles. The Morgan fingerprint density at radius 2 is 1.90 bits per heavy atom. The minimum Gasteiger partial charge on any atom is -0.496 e. The van der Waals surface area contributed by atoms with Gasteiger partial charge >= 0.3 is 0 Å². The highest BCUT2D eigenvalue weighted by atomic mass is 79.9. The van der Waals surface area contributed by atoms with E-state index in [1.165, 1.54) is 6.07 Å². The van der Waals surface area contributed by atoms with E-state index < -0.39 is 0 Å². The fourth-order valence-electron chi connectivity index (χ4n) is 2.31. The third-order valence-corrected chi connectivity index (χ3v) is 4.94. The summed E-state index contributed by atoms with van der Waals surface area (Å²) in [6, 6.07) is 8.54. The number of benzene rings is 2. The van der Waals surface area contributed by atoms with E-state index in [0.717, 1.165) is 20.1 Å². The van der Waals surface area contributed by atoms with Crippen LogP contribution in [0.3, 0.4) is 0 Å². The van der Waals surface area contributed by atoms with E-state index in [1.807, 2.05) is 19.1 Å². The molecule has 2 nitrogen and oxygen atoms in total. The summed E-state index contributed by atoms with van der Waals surface area (Å²) >= 11 is 7.10. The summed E-state index contributed by atoms with van der Waals surface area (Å²) in [5, 5.41) is 3.17. The lowest BCUT2D eigenvalue weighted by Gasteiger charge is -2.22. The lowest BCUT2D eigenvalue weighted by atomic mass is 9.96. The predicted octanol–water partition coefficient (Wildman–Crippen LogP) is 4.98. The third-order valence-electron chi connectivity index (χ3n) is 3.40. The Hall–Kier alpha value is -0.910. The second-order valence-electron chi connectivity index (χ2n) is 4.70. The molecule has 0 aliphatic carbocycles. The summed E-state index contributed by atoms with van der Waals surface area (Å²) in [5.41, 5.74) is 2.55. The summed E-state index contributed by atoms with van der Waals surface area (Å²) in [6.07, 6.45) is 0. The van der Waals surface area contributed by atoms with Gasteiger partial charge < -0.3 is 10.1 Å². The van der Waals surface area contributed by atoms with Crippen LogP contribution in [0.25, 0.3) is 0 Å². The second kappa shape index (κ2) is 6.90. The molecule has 0 spiro atoms. The summed E-state index contributed by atoms with van der Waals surface area (Å²) in [5.74, 6) is 0.232. The van der Waals surface area contributed by atoms with Crippen LogP contribution in [0, 0.1) is 12.7 Å². The van der Waals surface area contributed by atoms with Gasteiger partial charge in [0.15, 0.2) is 0 Å². The van der Waals surface area contributed by atoms with Gasteiger partial charge in [0.25, 0.3) is 0 Å². The standard InChI is InChI=1S/C16H16Br2FNO/c1-9-7-12(18)10(8-11(9)17)16(20-2)15-13(19)5-4-6-14(15)21-3/h4-8,16,20H,1-3H3. The number of hydrogen-bond donors (Lipinski definition) is 1. The number of rotatable bonds is 4. The van der Waals surface area contributed by atoms with Gasteiger partial charge in [-0.15, -0.1) is 0 Å². The Bertz CT molecular complexity index is 661. The van der Waals surface area contributed by atoms with Crippen LogP contribution >= 0.6 is 31.9 Å². The summed E-state index contributed by atoms with van der Waals surface area (Å²) < 4.78 is 21.5. The highest BCUT2D eigenvalue weighted by molar-refractivity contribution is 9.11. The number of aryl methyl sites for hydroxylation is 1. The van der Waals surface area contributed by atoms with Gasteiger partial charge in [-0.1, -0.05) is 37.9 Å². The van der Waals surface area contributed by atoms with E-state index in [2.05, 4.69) is 37.2 Å². The lowest BCUT2D eigenvalue weighted by molar-refractivity contribution is 0.398. The Labute approximate surface area is 141 Å². The molecule has 112 valence electrons. The Kier molecular flexibility index (Phi) is 5.41. The van der Waals surface area contributed by atoms with Crippen LogP contribution in [0.5, 0.6) is 5.75 Å². The molecular weight excluding hydrogens is 401 g/mol. The molecule has 0 aliphatic rings. The quantitative estimate of drug-likeness (QED) is 0.759. The number of methoxy groups -OCH3 is 1. The summed E-state index contributed by atoms with van der Waals surface area (Å²) in [7, 11) is 3.35. The van der Waals surface area contributed by atoms with Crippen molar-refractivity contribution < 1.29 is 9.13 Å². The van der Waals surface area contributed by atoms with Gasteiger partial charge in [0.2, 0.25) is 0 Å². The summed E-state index contributed by atoms with van der Waals surface area (Å²) in [4.78, 5) is 0. The molecule has 1 atom stereocenters. The average molecular weight is 417 g/mol. The van der Waals surface area contributed by atoms with Crippen LogP contribution in [-0.4, -0.2) is 14.2 Å². The average Bonchev–Trinajstić information content (AvgIpc) is 2.46. The van der Waals surface area contributed by atoms with Crippen molar-refractivity contribution >= 4 is 31.9 Å². The zero-order valence-electron chi connectivity index (χ0n) is 12.0. The van der Waals surface area contributed by atoms with Gasteiger partial charge in [-0.05, 0) is 49.4 Å². The van der Waals surface area contributed by atoms with Crippen LogP contribution in [0.2, 0.25) is 0 Å². The normalized spacial score (nSPS) is 12.3. The van der Waals surface area contributed by atoms with Crippen molar-refractivity contribution in [1.29, 1.82) is 0 Å². The van der Waals surface area contributed by atoms with E-state index in [4.69, 9.17) is 4.74 Å². The third kappa shape index (κ3) is 3.30. The van der Waals surface area contributed by atoms with Crippen LogP contribution in [0.4, 0.5) is 4.39 Å². The number of ether oxygens (including phenoxy) is 1. The van der Waals surface area contributed by atoms with Crippen molar-refractivity contribution in [1.82, 2.24) is 5.32 Å². The summed E-state index contributed by atoms with van der Waals surface area (Å²) in [6.45, 7) is 2.01. The molecule has 21 heavy (non-hydrogen) atoms. The number of nitrogens with one attached hydrogen (secondary N) is 1. The van der Waals surface area contributed by atoms with E-state index in [1.54, 1.807) is 26.3 Å². The predicted molar refractivity (Wildman–Crippen MR) is 90.4 cm³/mol. The van der Waals surface area contributed by atoms with Crippen molar-refractivity contribution in [3.63, 3.8) is 0 Å². The first kappa shape index (κ1) is 16.5. The molecule has 2 rings (SSSR count). The monoisotopic (exact) mass is 415 g/mol. The molecule has 0 amide bonds. The minimum absolute atomic E-state index is 0.294. The molecule has 1 unspecified atom stereocenters. The maximum absolute atomic E-state index is 14.3. The van der Waals surface area contributed by atoms with Crippen molar-refractivity contribution in [2.45, 2.75) is 13.0 Å². The zero-order chi connectivity index (χ0) is 15.6. The highest BCUT2D eigenvalue weighted by Gasteiger charge is 2.23. The molecule has 0 saturated heterocycles. The molecule has 0 radical (unpaired) electrons. The molecule has 0 bridgehead atoms. The van der Waals surface area contributed by atoms with Crippen molar-refractivity contribution in [2.75, 3.05) is 14.2 Å². The van der Waals surface area contributed by atoms with E-state index in [-0.39, 0.29) is 11.9 Å². The first-order chi connectivity index (χ1) is 9.99. The smallest absolute Gasteiger partial charge is 0.132 e. The van der Waals surface area contributed by atoms with E-state index in [0.29, 0.717) is 11.3 Å². The van der Waals surface area contributed by atoms with Crippen LogP contribution in [0.1, 0.15) is 22.7 Å². The molecular formula is C16H16Br2FNO. The Morgan fingerprint density at radius 3 is 2.52 bits per heavy atom. The number of hydrogen-bond acceptors (Lipinski definition) is 2. The first-order valence-corrected chi connectivity index (χ1v) is 8.03. The largest absolute Gasteiger partial charge is 0.496 e. The van der Waals surface area contributed by atoms with Gasteiger partial charge in [-0.2, -0.15) is 0 Å². The molecule has 0 fully saturated rings. The van der Waals surface area contributed by atoms with Crippen LogP contribution in [-0.2, 0) is 0 Å². The molecule has 5 heteroatoms. The molecule has 2 aromatic rings. The maximum atomic E-state index is 14.3. The maximum Gasteiger partial charge on any atom is 0.132 e. The lowest BCUT2D eigenvalue weighted by Crippen LogP contribution is -2.20. The second-order valence-corrected chi connectivity index (χ2v) is 6.41. The van der Waals surface area contributed by atoms with Gasteiger partial charge in [-0.3, -0.25) is 0 Å². The van der Waals surface area contributed by atoms with Gasteiger partial charge in [0.05, 0.1) is 18.7 Å². The molecule has 0 saturated carbocycles. The minimum atomic E-state index is -0.313. The Balaban J connectivity index is 2.63. The van der Waals surface area contributed by atoms with E-state index >= 15 is 0 Å². The Morgan fingerprint density at radius 1 is 1.19 bits per heavy atom. The van der Waals surface area contributed by atoms with Gasteiger partial charge in [0, 0.05) is 8.95 Å². The highest BCUT2D eigenvalue weighted by Crippen LogP contribution is 2.37. The number of halogens is 3.